The molecule has 3 amide bonds. The van der Waals surface area contributed by atoms with Crippen LogP contribution in [0.2, 0.25) is 0 Å². The highest BCUT2D eigenvalue weighted by atomic mass is 32.2. The molecule has 12 nitrogen and oxygen atoms in total. The van der Waals surface area contributed by atoms with Gasteiger partial charge in [0, 0.05) is 24.6 Å². The Hall–Kier alpha value is -3.97. The van der Waals surface area contributed by atoms with Crippen molar-refractivity contribution < 1.29 is 37.8 Å². The number of hydrogen-bond acceptors (Lipinski definition) is 7. The fraction of sp³-hybridized carbons (Fsp3) is 0.515. The summed E-state index contributed by atoms with van der Waals surface area (Å²) >= 11 is 0. The summed E-state index contributed by atoms with van der Waals surface area (Å²) in [6, 6.07) is 10.8. The van der Waals surface area contributed by atoms with Crippen molar-refractivity contribution in [1.29, 1.82) is 0 Å². The lowest BCUT2D eigenvalue weighted by atomic mass is 9.92. The maximum Gasteiger partial charge on any atom is 0.335 e. The monoisotopic (exact) mass is 660 g/mol. The third kappa shape index (κ3) is 11.4. The first-order valence-electron chi connectivity index (χ1n) is 15.6. The molecule has 0 aliphatic rings. The van der Waals surface area contributed by atoms with Gasteiger partial charge in [0.25, 0.3) is 5.91 Å². The Labute approximate surface area is 272 Å². The topological polar surface area (TPSA) is 182 Å². The summed E-state index contributed by atoms with van der Waals surface area (Å²) in [5.74, 6) is -2.99. The predicted octanol–water partition coefficient (Wildman–Crippen LogP) is 3.30. The van der Waals surface area contributed by atoms with Gasteiger partial charge in [-0.3, -0.25) is 18.7 Å². The highest BCUT2D eigenvalue weighted by molar-refractivity contribution is 7.92. The van der Waals surface area contributed by atoms with Gasteiger partial charge in [0.05, 0.1) is 29.1 Å². The Morgan fingerprint density at radius 3 is 2.09 bits per heavy atom. The molecular formula is C33H48N4O8S. The number of amides is 3. The molecule has 0 bridgehead atoms. The number of carboxylic acid groups (broad SMARTS) is 1. The number of aliphatic hydroxyl groups is 1. The van der Waals surface area contributed by atoms with Crippen LogP contribution in [0.1, 0.15) is 87.1 Å². The minimum Gasteiger partial charge on any atom is -0.478 e. The van der Waals surface area contributed by atoms with Crippen molar-refractivity contribution in [3.05, 3.63) is 65.2 Å². The minimum atomic E-state index is -3.55. The molecule has 13 heteroatoms. The molecule has 2 aromatic carbocycles. The number of hydrogen-bond donors (Lipinski definition) is 5. The summed E-state index contributed by atoms with van der Waals surface area (Å²) in [7, 11) is -3.55. The zero-order valence-electron chi connectivity index (χ0n) is 27.4. The van der Waals surface area contributed by atoms with Gasteiger partial charge in [-0.05, 0) is 74.9 Å². The number of nitrogens with zero attached hydrogens (tertiary/aromatic N) is 1. The number of nitrogens with one attached hydrogen (secondary N) is 3. The van der Waals surface area contributed by atoms with E-state index < -0.39 is 57.8 Å². The van der Waals surface area contributed by atoms with Crippen molar-refractivity contribution in [3.63, 3.8) is 0 Å². The molecule has 0 radical (unpaired) electrons. The lowest BCUT2D eigenvalue weighted by molar-refractivity contribution is -0.131. The Kier molecular flexibility index (Phi) is 14.7. The number of carboxylic acids is 1. The van der Waals surface area contributed by atoms with Gasteiger partial charge < -0.3 is 26.2 Å². The standard InChI is InChI=1S/C33H48N4O8S/c1-7-16-46(44,45)37(8-2)27-11-9-10-26(19-27)32(41)36-28(17-21(3)4)29(38)18-22(5)30(39)35-23(6)31(40)34-20-24-12-14-25(15-13-24)33(42)43/h9-15,19,21-23,28-29,38H,7-8,16-18,20H2,1-6H3,(H,34,40)(H,35,39)(H,36,41)(H,42,43)/t22-,23+,28+,29+/m1/s1. The van der Waals surface area contributed by atoms with E-state index in [2.05, 4.69) is 16.0 Å². The molecule has 254 valence electrons. The molecule has 5 N–H and O–H groups in total. The number of aromatic carboxylic acids is 1. The summed E-state index contributed by atoms with van der Waals surface area (Å²) in [6.45, 7) is 10.9. The molecule has 0 saturated carbocycles. The van der Waals surface area contributed by atoms with Gasteiger partial charge in [-0.15, -0.1) is 0 Å². The predicted molar refractivity (Wildman–Crippen MR) is 177 cm³/mol. The average Bonchev–Trinajstić information content (AvgIpc) is 2.99. The van der Waals surface area contributed by atoms with Crippen LogP contribution in [-0.4, -0.2) is 72.8 Å². The van der Waals surface area contributed by atoms with Crippen molar-refractivity contribution in [2.24, 2.45) is 11.8 Å². The van der Waals surface area contributed by atoms with Crippen LogP contribution in [-0.2, 0) is 26.2 Å². The van der Waals surface area contributed by atoms with Crippen LogP contribution in [0.25, 0.3) is 0 Å². The van der Waals surface area contributed by atoms with E-state index in [1.54, 1.807) is 51.1 Å². The average molecular weight is 661 g/mol. The van der Waals surface area contributed by atoms with E-state index >= 15 is 0 Å². The molecule has 0 saturated heterocycles. The molecular weight excluding hydrogens is 612 g/mol. The summed E-state index contributed by atoms with van der Waals surface area (Å²) in [5, 5.41) is 28.4. The van der Waals surface area contributed by atoms with Gasteiger partial charge in [-0.25, -0.2) is 13.2 Å². The second-order valence-corrected chi connectivity index (χ2v) is 13.9. The first-order valence-corrected chi connectivity index (χ1v) is 17.2. The number of benzene rings is 2. The molecule has 0 aromatic heterocycles. The van der Waals surface area contributed by atoms with E-state index in [1.165, 1.54) is 29.4 Å². The molecule has 0 unspecified atom stereocenters. The van der Waals surface area contributed by atoms with Gasteiger partial charge in [-0.2, -0.15) is 0 Å². The molecule has 0 aliphatic carbocycles. The van der Waals surface area contributed by atoms with Crippen molar-refractivity contribution >= 4 is 39.4 Å². The zero-order valence-corrected chi connectivity index (χ0v) is 28.3. The van der Waals surface area contributed by atoms with Crippen LogP contribution >= 0.6 is 0 Å². The largest absolute Gasteiger partial charge is 0.478 e. The van der Waals surface area contributed by atoms with Crippen molar-refractivity contribution in [2.45, 2.75) is 85.5 Å². The number of rotatable bonds is 18. The normalized spacial score (nSPS) is 14.1. The highest BCUT2D eigenvalue weighted by Gasteiger charge is 2.29. The lowest BCUT2D eigenvalue weighted by Crippen LogP contribution is -2.48. The van der Waals surface area contributed by atoms with Crippen molar-refractivity contribution in [2.75, 3.05) is 16.6 Å². The van der Waals surface area contributed by atoms with Crippen molar-refractivity contribution in [3.8, 4) is 0 Å². The fourth-order valence-corrected chi connectivity index (χ4v) is 6.51. The summed E-state index contributed by atoms with van der Waals surface area (Å²) in [6.07, 6.45) is -0.167. The third-order valence-electron chi connectivity index (χ3n) is 7.45. The smallest absolute Gasteiger partial charge is 0.335 e. The summed E-state index contributed by atoms with van der Waals surface area (Å²) in [4.78, 5) is 49.8. The fourth-order valence-electron chi connectivity index (χ4n) is 4.94. The first-order chi connectivity index (χ1) is 21.6. The quantitative estimate of drug-likeness (QED) is 0.161. The van der Waals surface area contributed by atoms with Gasteiger partial charge >= 0.3 is 5.97 Å². The van der Waals surface area contributed by atoms with Crippen LogP contribution in [0.15, 0.2) is 48.5 Å². The Morgan fingerprint density at radius 2 is 1.52 bits per heavy atom. The van der Waals surface area contributed by atoms with E-state index in [0.717, 1.165) is 0 Å². The molecule has 0 heterocycles. The van der Waals surface area contributed by atoms with Gasteiger partial charge in [0.1, 0.15) is 6.04 Å². The van der Waals surface area contributed by atoms with Crippen LogP contribution in [0.4, 0.5) is 5.69 Å². The molecule has 0 spiro atoms. The summed E-state index contributed by atoms with van der Waals surface area (Å²) in [5.41, 5.74) is 1.45. The van der Waals surface area contributed by atoms with Crippen LogP contribution in [0.3, 0.4) is 0 Å². The minimum absolute atomic E-state index is 0.0142. The Morgan fingerprint density at radius 1 is 0.870 bits per heavy atom. The second kappa shape index (κ2) is 17.7. The molecule has 2 rings (SSSR count). The SMILES string of the molecule is CCCS(=O)(=O)N(CC)c1cccc(C(=O)N[C@@H](CC(C)C)[C@@H](O)C[C@@H](C)C(=O)N[C@@H](C)C(=O)NCc2ccc(C(=O)O)cc2)c1. The van der Waals surface area contributed by atoms with Crippen molar-refractivity contribution in [1.82, 2.24) is 16.0 Å². The maximum atomic E-state index is 13.3. The number of aliphatic hydroxyl groups excluding tert-OH is 1. The van der Waals surface area contributed by atoms with Crippen LogP contribution in [0.5, 0.6) is 0 Å². The van der Waals surface area contributed by atoms with Gasteiger partial charge in [0.15, 0.2) is 0 Å². The highest BCUT2D eigenvalue weighted by Crippen LogP contribution is 2.22. The van der Waals surface area contributed by atoms with E-state index in [9.17, 15) is 32.7 Å². The number of carbonyl (C=O) groups excluding carboxylic acids is 3. The zero-order chi connectivity index (χ0) is 34.6. The van der Waals surface area contributed by atoms with E-state index in [-0.39, 0.29) is 42.3 Å². The molecule has 46 heavy (non-hydrogen) atoms. The molecule has 0 aliphatic heterocycles. The number of sulfonamides is 1. The molecule has 0 fully saturated rings. The molecule has 4 atom stereocenters. The second-order valence-electron chi connectivity index (χ2n) is 11.9. The number of anilines is 1. The maximum absolute atomic E-state index is 13.3. The molecule has 2 aromatic rings. The van der Waals surface area contributed by atoms with Crippen LogP contribution < -0.4 is 20.3 Å². The Bertz CT molecular complexity index is 1450. The third-order valence-corrected chi connectivity index (χ3v) is 9.51. The van der Waals surface area contributed by atoms with Gasteiger partial charge in [-0.1, -0.05) is 45.9 Å². The lowest BCUT2D eigenvalue weighted by Gasteiger charge is -2.28. The van der Waals surface area contributed by atoms with E-state index in [4.69, 9.17) is 5.11 Å². The van der Waals surface area contributed by atoms with Gasteiger partial charge in [0.2, 0.25) is 21.8 Å². The summed E-state index contributed by atoms with van der Waals surface area (Å²) < 4.78 is 26.7. The Balaban J connectivity index is 2.02. The number of carbonyl (C=O) groups is 4. The first kappa shape index (κ1) is 38.2. The van der Waals surface area contributed by atoms with E-state index in [1.807, 2.05) is 13.8 Å². The van der Waals surface area contributed by atoms with E-state index in [0.29, 0.717) is 24.1 Å². The van der Waals surface area contributed by atoms with Crippen LogP contribution in [0, 0.1) is 11.8 Å².